The van der Waals surface area contributed by atoms with E-state index in [1.54, 1.807) is 0 Å². The zero-order valence-electron chi connectivity index (χ0n) is 6.88. The van der Waals surface area contributed by atoms with Crippen molar-refractivity contribution in [2.45, 2.75) is 13.1 Å². The lowest BCUT2D eigenvalue weighted by atomic mass is 10.2. The summed E-state index contributed by atoms with van der Waals surface area (Å²) < 4.78 is 40.8. The Bertz CT molecular complexity index is 380. The summed E-state index contributed by atoms with van der Waals surface area (Å²) in [5.41, 5.74) is -0.856. The van der Waals surface area contributed by atoms with E-state index in [-0.39, 0.29) is 5.76 Å². The number of alkyl halides is 3. The van der Waals surface area contributed by atoms with Crippen molar-refractivity contribution in [3.05, 3.63) is 28.1 Å². The molecule has 0 fully saturated rings. The van der Waals surface area contributed by atoms with E-state index in [9.17, 15) is 22.9 Å². The zero-order valence-corrected chi connectivity index (χ0v) is 6.88. The molecule has 0 spiro atoms. The summed E-state index contributed by atoms with van der Waals surface area (Å²) in [6.07, 6.45) is -4.80. The normalized spacial score (nSPS) is 11.4. The second kappa shape index (κ2) is 3.24. The highest BCUT2D eigenvalue weighted by atomic mass is 19.4. The van der Waals surface area contributed by atoms with Crippen molar-refractivity contribution in [2.24, 2.45) is 5.18 Å². The minimum absolute atomic E-state index is 0.107. The smallest absolute Gasteiger partial charge is 0.450 e. The van der Waals surface area contributed by atoms with Gasteiger partial charge < -0.3 is 4.42 Å². The van der Waals surface area contributed by atoms with Gasteiger partial charge in [0.2, 0.25) is 5.76 Å². The van der Waals surface area contributed by atoms with Crippen molar-refractivity contribution in [1.82, 2.24) is 0 Å². The summed E-state index contributed by atoms with van der Waals surface area (Å²) in [7, 11) is 0. The molecule has 0 bridgehead atoms. The van der Waals surface area contributed by atoms with Crippen LogP contribution >= 0.6 is 0 Å². The number of rotatable bonds is 1. The molecule has 0 saturated carbocycles. The molecule has 0 aliphatic rings. The topological polar surface area (TPSA) is 59.6 Å². The number of aryl methyl sites for hydroxylation is 1. The number of furan rings is 1. The molecular weight excluding hydrogens is 203 g/mol. The van der Waals surface area contributed by atoms with Crippen LogP contribution in [0.1, 0.15) is 21.9 Å². The number of halogens is 3. The number of carbonyl (C=O) groups is 1. The Morgan fingerprint density at radius 3 is 2.50 bits per heavy atom. The van der Waals surface area contributed by atoms with Gasteiger partial charge in [-0.2, -0.15) is 13.2 Å². The number of nitrogens with zero attached hydrogens (tertiary/aromatic N) is 1. The third-order valence-corrected chi connectivity index (χ3v) is 1.43. The molecule has 0 unspecified atom stereocenters. The van der Waals surface area contributed by atoms with Gasteiger partial charge in [-0.15, -0.1) is 4.91 Å². The fourth-order valence-electron chi connectivity index (χ4n) is 0.933. The molecule has 0 aliphatic heterocycles. The Morgan fingerprint density at radius 1 is 1.50 bits per heavy atom. The van der Waals surface area contributed by atoms with E-state index in [4.69, 9.17) is 0 Å². The fraction of sp³-hybridized carbons (Fsp3) is 0.286. The van der Waals surface area contributed by atoms with Gasteiger partial charge >= 0.3 is 12.1 Å². The van der Waals surface area contributed by atoms with Crippen molar-refractivity contribution in [3.63, 3.8) is 0 Å². The van der Waals surface area contributed by atoms with Gasteiger partial charge in [0.1, 0.15) is 5.76 Å². The molecule has 0 aliphatic carbocycles. The molecule has 0 saturated heterocycles. The molecule has 14 heavy (non-hydrogen) atoms. The van der Waals surface area contributed by atoms with E-state index in [1.165, 1.54) is 6.92 Å². The standard InChI is InChI=1S/C7H4F3NO3/c1-3-2-4(6(12)11-13)5(14-3)7(8,9)10/h2H,1H3. The molecule has 1 aromatic heterocycles. The van der Waals surface area contributed by atoms with Crippen LogP contribution in [0.15, 0.2) is 15.7 Å². The van der Waals surface area contributed by atoms with Gasteiger partial charge in [-0.3, -0.25) is 4.79 Å². The molecule has 4 nitrogen and oxygen atoms in total. The summed E-state index contributed by atoms with van der Waals surface area (Å²) in [6, 6.07) is 0.826. The Morgan fingerprint density at radius 2 is 2.07 bits per heavy atom. The average Bonchev–Trinajstić information content (AvgIpc) is 2.45. The molecule has 0 N–H and O–H groups in total. The van der Waals surface area contributed by atoms with E-state index < -0.39 is 23.4 Å². The molecule has 1 amide bonds. The van der Waals surface area contributed by atoms with Gasteiger partial charge in [-0.05, 0) is 13.0 Å². The van der Waals surface area contributed by atoms with Crippen LogP contribution in [0.5, 0.6) is 0 Å². The first-order valence-corrected chi connectivity index (χ1v) is 3.41. The Hall–Kier alpha value is -1.66. The average molecular weight is 207 g/mol. The van der Waals surface area contributed by atoms with Crippen molar-refractivity contribution in [1.29, 1.82) is 0 Å². The lowest BCUT2D eigenvalue weighted by Gasteiger charge is -2.02. The van der Waals surface area contributed by atoms with Crippen LogP contribution in [-0.4, -0.2) is 5.91 Å². The second-order valence-electron chi connectivity index (χ2n) is 2.49. The zero-order chi connectivity index (χ0) is 10.9. The summed E-state index contributed by atoms with van der Waals surface area (Å²) in [5.74, 6) is -3.09. The van der Waals surface area contributed by atoms with Crippen molar-refractivity contribution in [2.75, 3.05) is 0 Å². The van der Waals surface area contributed by atoms with Gasteiger partial charge in [0.25, 0.3) is 0 Å². The van der Waals surface area contributed by atoms with Gasteiger partial charge in [-0.25, -0.2) is 0 Å². The predicted octanol–water partition coefficient (Wildman–Crippen LogP) is 2.51. The van der Waals surface area contributed by atoms with E-state index in [1.807, 2.05) is 5.18 Å². The van der Waals surface area contributed by atoms with Crippen LogP contribution in [0.3, 0.4) is 0 Å². The van der Waals surface area contributed by atoms with Crippen LogP contribution in [0.25, 0.3) is 0 Å². The van der Waals surface area contributed by atoms with Crippen LogP contribution in [-0.2, 0) is 6.18 Å². The van der Waals surface area contributed by atoms with Crippen LogP contribution in [0, 0.1) is 11.8 Å². The minimum atomic E-state index is -4.80. The number of carbonyl (C=O) groups excluding carboxylic acids is 1. The summed E-state index contributed by atoms with van der Waals surface area (Å²) in [4.78, 5) is 20.4. The van der Waals surface area contributed by atoms with Crippen molar-refractivity contribution < 1.29 is 22.4 Å². The first-order chi connectivity index (χ1) is 6.36. The molecule has 1 aromatic rings. The molecule has 1 heterocycles. The first-order valence-electron chi connectivity index (χ1n) is 3.41. The molecule has 1 rings (SSSR count). The second-order valence-corrected chi connectivity index (χ2v) is 2.49. The Labute approximate surface area is 75.7 Å². The van der Waals surface area contributed by atoms with E-state index in [0.717, 1.165) is 6.07 Å². The maximum absolute atomic E-state index is 12.2. The van der Waals surface area contributed by atoms with Crippen LogP contribution in [0.2, 0.25) is 0 Å². The van der Waals surface area contributed by atoms with Crippen molar-refractivity contribution in [3.8, 4) is 0 Å². The molecule has 7 heteroatoms. The highest BCUT2D eigenvalue weighted by Crippen LogP contribution is 2.34. The maximum atomic E-state index is 12.2. The van der Waals surface area contributed by atoms with Crippen molar-refractivity contribution >= 4 is 5.91 Å². The molecule has 0 radical (unpaired) electrons. The van der Waals surface area contributed by atoms with Crippen LogP contribution in [0.4, 0.5) is 13.2 Å². The third kappa shape index (κ3) is 1.81. The van der Waals surface area contributed by atoms with E-state index >= 15 is 0 Å². The number of nitroso groups, excluding NO2 is 1. The molecular formula is C7H4F3NO3. The van der Waals surface area contributed by atoms with Gasteiger partial charge in [-0.1, -0.05) is 0 Å². The summed E-state index contributed by atoms with van der Waals surface area (Å²) >= 11 is 0. The Kier molecular flexibility index (Phi) is 2.41. The summed E-state index contributed by atoms with van der Waals surface area (Å²) in [6.45, 7) is 1.23. The molecule has 76 valence electrons. The predicted molar refractivity (Wildman–Crippen MR) is 38.6 cm³/mol. The monoisotopic (exact) mass is 207 g/mol. The number of hydrogen-bond acceptors (Lipinski definition) is 3. The third-order valence-electron chi connectivity index (χ3n) is 1.43. The highest BCUT2D eigenvalue weighted by molar-refractivity contribution is 5.96. The van der Waals surface area contributed by atoms with Crippen LogP contribution < -0.4 is 0 Å². The van der Waals surface area contributed by atoms with E-state index in [0.29, 0.717) is 0 Å². The number of hydrogen-bond donors (Lipinski definition) is 0. The van der Waals surface area contributed by atoms with E-state index in [2.05, 4.69) is 4.42 Å². The summed E-state index contributed by atoms with van der Waals surface area (Å²) in [5, 5.41) is 1.90. The van der Waals surface area contributed by atoms with Gasteiger partial charge in [0.15, 0.2) is 0 Å². The largest absolute Gasteiger partial charge is 0.456 e. The fourth-order valence-corrected chi connectivity index (χ4v) is 0.933. The first kappa shape index (κ1) is 10.4. The molecule has 0 aromatic carbocycles. The quantitative estimate of drug-likeness (QED) is 0.664. The molecule has 0 atom stereocenters. The van der Waals surface area contributed by atoms with Gasteiger partial charge in [0, 0.05) is 5.18 Å². The highest BCUT2D eigenvalue weighted by Gasteiger charge is 2.40. The Balaban J connectivity index is 3.29. The maximum Gasteiger partial charge on any atom is 0.450 e. The lowest BCUT2D eigenvalue weighted by molar-refractivity contribution is -0.153. The SMILES string of the molecule is Cc1cc(C(=O)N=O)c(C(F)(F)F)o1. The minimum Gasteiger partial charge on any atom is -0.456 e. The van der Waals surface area contributed by atoms with Gasteiger partial charge in [0.05, 0.1) is 5.56 Å². The number of amides is 1. The lowest BCUT2D eigenvalue weighted by Crippen LogP contribution is -2.09.